The number of nitrogen functional groups attached to an aromatic ring is 1. The summed E-state index contributed by atoms with van der Waals surface area (Å²) in [5, 5.41) is 20.2. The van der Waals surface area contributed by atoms with Crippen molar-refractivity contribution in [1.82, 2.24) is 10.3 Å². The molecule has 0 aliphatic carbocycles. The molecule has 14 heteroatoms. The minimum atomic E-state index is -3.77. The minimum Gasteiger partial charge on any atom is -0.481 e. The Bertz CT molecular complexity index is 1660. The zero-order valence-electron chi connectivity index (χ0n) is 24.1. The van der Waals surface area contributed by atoms with Crippen LogP contribution in [0.25, 0.3) is 11.1 Å². The second kappa shape index (κ2) is 13.0. The quantitative estimate of drug-likeness (QED) is 0.0813. The number of amides is 1. The molecule has 0 saturated carbocycles. The summed E-state index contributed by atoms with van der Waals surface area (Å²) in [7, 11) is -2.42. The maximum atomic E-state index is 13.2. The summed E-state index contributed by atoms with van der Waals surface area (Å²) in [6.07, 6.45) is 0.897. The van der Waals surface area contributed by atoms with Gasteiger partial charge in [0.25, 0.3) is 16.0 Å². The number of benzene rings is 2. The fraction of sp³-hybridized carbons (Fsp3) is 0.276. The van der Waals surface area contributed by atoms with Crippen molar-refractivity contribution in [3.8, 4) is 22.8 Å². The lowest BCUT2D eigenvalue weighted by Crippen LogP contribution is -2.47. The monoisotopic (exact) mass is 612 g/mol. The normalized spacial score (nSPS) is 12.2. The van der Waals surface area contributed by atoms with E-state index in [1.54, 1.807) is 20.8 Å². The third kappa shape index (κ3) is 8.59. The van der Waals surface area contributed by atoms with Crippen molar-refractivity contribution in [3.63, 3.8) is 0 Å². The van der Waals surface area contributed by atoms with Crippen LogP contribution in [0.5, 0.6) is 11.6 Å². The van der Waals surface area contributed by atoms with Gasteiger partial charge in [-0.25, -0.2) is 14.6 Å². The highest BCUT2D eigenvalue weighted by Gasteiger charge is 2.29. The Morgan fingerprint density at radius 1 is 1.02 bits per heavy atom. The number of carboxylic acid groups (broad SMARTS) is 1. The van der Waals surface area contributed by atoms with E-state index < -0.39 is 39.4 Å². The maximum absolute atomic E-state index is 13.2. The highest BCUT2D eigenvalue weighted by Crippen LogP contribution is 2.30. The molecular weight excluding hydrogens is 580 g/mol. The first-order chi connectivity index (χ1) is 20.0. The zero-order chi connectivity index (χ0) is 32.1. The molecule has 1 heterocycles. The van der Waals surface area contributed by atoms with Gasteiger partial charge in [-0.2, -0.15) is 8.42 Å². The molecule has 1 amide bonds. The molecule has 5 N–H and O–H groups in total. The standard InChI is InChI=1S/C29H32N4O9S/c1-29(2,3)22(15-41-43(5,38)39)32-26(34)17-8-11-19(21(14-17)27(35)36)20-12-13-23(40-4)33-24(20)28(37)42-18-9-6-16(7-10-18)25(30)31/h6-14,22H,15H2,1-5H3,(H3,30,31)(H,32,34)(H,35,36)/t22-/m1/s1. The summed E-state index contributed by atoms with van der Waals surface area (Å²) in [6.45, 7) is 5.03. The van der Waals surface area contributed by atoms with Gasteiger partial charge in [-0.3, -0.25) is 14.4 Å². The van der Waals surface area contributed by atoms with Crippen molar-refractivity contribution in [2.45, 2.75) is 26.8 Å². The van der Waals surface area contributed by atoms with Crippen LogP contribution in [0.1, 0.15) is 57.5 Å². The number of nitrogens with zero attached hydrogens (tertiary/aromatic N) is 1. The van der Waals surface area contributed by atoms with E-state index in [-0.39, 0.29) is 52.0 Å². The molecule has 0 saturated heterocycles. The van der Waals surface area contributed by atoms with Gasteiger partial charge in [0.05, 0.1) is 31.6 Å². The topological polar surface area (TPSA) is 208 Å². The Hall–Kier alpha value is -4.82. The first kappa shape index (κ1) is 32.7. The molecule has 0 bridgehead atoms. The SMILES string of the molecule is COc1ccc(-c2ccc(C(=O)N[C@H](COS(C)(=O)=O)C(C)(C)C)cc2C(=O)O)c(C(=O)Oc2ccc(C(=N)N)cc2)n1. The molecule has 3 rings (SSSR count). The summed E-state index contributed by atoms with van der Waals surface area (Å²) < 4.78 is 38.5. The predicted octanol–water partition coefficient (Wildman–Crippen LogP) is 3.08. The Kier molecular flexibility index (Phi) is 9.89. The van der Waals surface area contributed by atoms with E-state index >= 15 is 0 Å². The number of hydrogen-bond donors (Lipinski definition) is 4. The van der Waals surface area contributed by atoms with Crippen molar-refractivity contribution in [2.75, 3.05) is 20.0 Å². The van der Waals surface area contributed by atoms with E-state index in [1.165, 1.54) is 55.6 Å². The number of carboxylic acids is 1. The third-order valence-electron chi connectivity index (χ3n) is 6.25. The molecule has 1 aromatic heterocycles. The first-order valence-electron chi connectivity index (χ1n) is 12.7. The Morgan fingerprint density at radius 3 is 2.16 bits per heavy atom. The fourth-order valence-electron chi connectivity index (χ4n) is 3.82. The summed E-state index contributed by atoms with van der Waals surface area (Å²) in [5.74, 6) is -2.92. The number of methoxy groups -OCH3 is 1. The van der Waals surface area contributed by atoms with Gasteiger partial charge in [-0.1, -0.05) is 26.8 Å². The fourth-order valence-corrected chi connectivity index (χ4v) is 4.21. The highest BCUT2D eigenvalue weighted by molar-refractivity contribution is 7.85. The second-order valence-corrected chi connectivity index (χ2v) is 12.2. The molecular formula is C29H32N4O9S. The average molecular weight is 613 g/mol. The van der Waals surface area contributed by atoms with Crippen LogP contribution in [0.2, 0.25) is 0 Å². The average Bonchev–Trinajstić information content (AvgIpc) is 2.93. The molecule has 1 atom stereocenters. The number of rotatable bonds is 11. The largest absolute Gasteiger partial charge is 0.481 e. The molecule has 0 fully saturated rings. The molecule has 0 aliphatic heterocycles. The van der Waals surface area contributed by atoms with Crippen molar-refractivity contribution in [3.05, 3.63) is 77.0 Å². The van der Waals surface area contributed by atoms with Gasteiger partial charge in [0.2, 0.25) is 5.88 Å². The Labute approximate surface area is 248 Å². The van der Waals surface area contributed by atoms with E-state index in [0.717, 1.165) is 12.3 Å². The number of ether oxygens (including phenoxy) is 2. The van der Waals surface area contributed by atoms with Gasteiger partial charge in [0.15, 0.2) is 5.69 Å². The van der Waals surface area contributed by atoms with E-state index in [2.05, 4.69) is 10.3 Å². The van der Waals surface area contributed by atoms with Gasteiger partial charge >= 0.3 is 11.9 Å². The summed E-state index contributed by atoms with van der Waals surface area (Å²) in [6, 6.07) is 11.9. The summed E-state index contributed by atoms with van der Waals surface area (Å²) in [5.41, 5.74) is 4.88. The van der Waals surface area contributed by atoms with Crippen LogP contribution < -0.4 is 20.5 Å². The van der Waals surface area contributed by atoms with Crippen LogP contribution in [0.4, 0.5) is 0 Å². The lowest BCUT2D eigenvalue weighted by Gasteiger charge is -2.31. The van der Waals surface area contributed by atoms with Crippen LogP contribution in [0.3, 0.4) is 0 Å². The molecule has 0 radical (unpaired) electrons. The smallest absolute Gasteiger partial charge is 0.363 e. The lowest BCUT2D eigenvalue weighted by molar-refractivity contribution is 0.0693. The van der Waals surface area contributed by atoms with Crippen LogP contribution in [0.15, 0.2) is 54.6 Å². The van der Waals surface area contributed by atoms with Gasteiger partial charge < -0.3 is 25.6 Å². The number of aromatic carboxylic acids is 1. The van der Waals surface area contributed by atoms with E-state index in [1.807, 2.05) is 0 Å². The number of nitrogens with one attached hydrogen (secondary N) is 2. The Balaban J connectivity index is 1.99. The molecule has 0 aliphatic rings. The van der Waals surface area contributed by atoms with Crippen LogP contribution in [0, 0.1) is 10.8 Å². The number of carbonyl (C=O) groups is 3. The molecule has 2 aromatic carbocycles. The molecule has 0 unspecified atom stereocenters. The van der Waals surface area contributed by atoms with Gasteiger partial charge in [-0.05, 0) is 53.4 Å². The van der Waals surface area contributed by atoms with Crippen LogP contribution >= 0.6 is 0 Å². The number of aromatic nitrogens is 1. The number of esters is 1. The second-order valence-electron chi connectivity index (χ2n) is 10.5. The van der Waals surface area contributed by atoms with E-state index in [4.69, 9.17) is 24.8 Å². The zero-order valence-corrected chi connectivity index (χ0v) is 24.9. The van der Waals surface area contributed by atoms with Crippen molar-refractivity contribution < 1.29 is 41.6 Å². The number of carbonyl (C=O) groups excluding carboxylic acids is 2. The first-order valence-corrected chi connectivity index (χ1v) is 14.6. The summed E-state index contributed by atoms with van der Waals surface area (Å²) in [4.78, 5) is 42.9. The maximum Gasteiger partial charge on any atom is 0.363 e. The molecule has 0 spiro atoms. The summed E-state index contributed by atoms with van der Waals surface area (Å²) >= 11 is 0. The van der Waals surface area contributed by atoms with Gasteiger partial charge in [0, 0.05) is 22.8 Å². The molecule has 228 valence electrons. The third-order valence-corrected chi connectivity index (χ3v) is 6.81. The highest BCUT2D eigenvalue weighted by atomic mass is 32.2. The Morgan fingerprint density at radius 2 is 1.63 bits per heavy atom. The minimum absolute atomic E-state index is 0.0223. The lowest BCUT2D eigenvalue weighted by atomic mass is 9.87. The van der Waals surface area contributed by atoms with E-state index in [0.29, 0.717) is 5.56 Å². The van der Waals surface area contributed by atoms with Crippen molar-refractivity contribution in [1.29, 1.82) is 5.41 Å². The van der Waals surface area contributed by atoms with E-state index in [9.17, 15) is 27.9 Å². The van der Waals surface area contributed by atoms with Gasteiger partial charge in [-0.15, -0.1) is 0 Å². The number of nitrogens with two attached hydrogens (primary N) is 1. The number of amidine groups is 1. The van der Waals surface area contributed by atoms with Crippen LogP contribution in [-0.2, 0) is 14.3 Å². The van der Waals surface area contributed by atoms with Crippen LogP contribution in [-0.4, -0.2) is 68.2 Å². The molecule has 13 nitrogen and oxygen atoms in total. The molecule has 43 heavy (non-hydrogen) atoms. The number of pyridine rings is 1. The number of hydrogen-bond acceptors (Lipinski definition) is 10. The molecule has 3 aromatic rings. The predicted molar refractivity (Wildman–Crippen MR) is 157 cm³/mol. The van der Waals surface area contributed by atoms with Crippen molar-refractivity contribution >= 4 is 33.8 Å². The van der Waals surface area contributed by atoms with Gasteiger partial charge in [0.1, 0.15) is 11.6 Å². The van der Waals surface area contributed by atoms with Crippen molar-refractivity contribution in [2.24, 2.45) is 11.1 Å².